The third-order valence-corrected chi connectivity index (χ3v) is 8.09. The Morgan fingerprint density at radius 2 is 1.78 bits per heavy atom. The summed E-state index contributed by atoms with van der Waals surface area (Å²) in [5.41, 5.74) is 7.14. The number of thiophene rings is 1. The first-order valence-corrected chi connectivity index (χ1v) is 13.3. The molecule has 1 amide bonds. The molecule has 2 atom stereocenters. The van der Waals surface area contributed by atoms with Crippen LogP contribution in [-0.4, -0.2) is 84.9 Å². The van der Waals surface area contributed by atoms with Crippen LogP contribution in [0.5, 0.6) is 0 Å². The molecular formula is C26H28F2N4O8S. The number of hydrogen-bond donors (Lipinski definition) is 5. The second-order valence-electron chi connectivity index (χ2n) is 9.63. The van der Waals surface area contributed by atoms with Crippen molar-refractivity contribution in [3.05, 3.63) is 69.2 Å². The number of rotatable bonds is 7. The lowest BCUT2D eigenvalue weighted by Gasteiger charge is -2.43. The van der Waals surface area contributed by atoms with Gasteiger partial charge in [-0.2, -0.15) is 9.49 Å². The van der Waals surface area contributed by atoms with Crippen LogP contribution < -0.4 is 5.73 Å². The number of aliphatic hydroxyl groups excluding tert-OH is 2. The first-order chi connectivity index (χ1) is 19.4. The van der Waals surface area contributed by atoms with E-state index in [0.29, 0.717) is 13.2 Å². The van der Waals surface area contributed by atoms with Crippen molar-refractivity contribution in [2.75, 3.05) is 19.7 Å². The predicted molar refractivity (Wildman–Crippen MR) is 139 cm³/mol. The minimum absolute atomic E-state index is 0.0571. The van der Waals surface area contributed by atoms with Crippen molar-refractivity contribution in [1.82, 2.24) is 14.7 Å². The predicted octanol–water partition coefficient (Wildman–Crippen LogP) is 1.25. The summed E-state index contributed by atoms with van der Waals surface area (Å²) in [6.07, 6.45) is 1.23. The van der Waals surface area contributed by atoms with Gasteiger partial charge in [0.1, 0.15) is 17.1 Å². The number of aliphatic carboxylic acids is 2. The molecule has 2 aliphatic heterocycles. The molecule has 0 bridgehead atoms. The third kappa shape index (κ3) is 6.60. The van der Waals surface area contributed by atoms with E-state index < -0.39 is 35.9 Å². The fraction of sp³-hybridized carbons (Fsp3) is 0.385. The van der Waals surface area contributed by atoms with Crippen LogP contribution in [0.15, 0.2) is 36.7 Å². The number of aliphatic hydroxyl groups is 2. The Labute approximate surface area is 236 Å². The molecule has 3 aromatic rings. The second-order valence-corrected chi connectivity index (χ2v) is 10.6. The van der Waals surface area contributed by atoms with Crippen LogP contribution >= 0.6 is 11.3 Å². The molecule has 1 saturated heterocycles. The number of hydrogen-bond acceptors (Lipinski definition) is 9. The SMILES string of the molecule is NC(=O)c1cccc(F)c1-n1cc(CN2CCC3(CC2)OCCc2cc(F)sc23)cn1.O=C(O)[C@H](O)[C@@H](O)C(=O)O. The van der Waals surface area contributed by atoms with Crippen molar-refractivity contribution in [3.63, 3.8) is 0 Å². The molecule has 0 saturated carbocycles. The first kappa shape index (κ1) is 30.2. The molecule has 12 nitrogen and oxygen atoms in total. The lowest BCUT2D eigenvalue weighted by molar-refractivity contribution is -0.165. The summed E-state index contributed by atoms with van der Waals surface area (Å²) in [6, 6.07) is 5.86. The standard InChI is InChI=1S/C22H22F2N4O2S.C4H6O6/c23-17-3-1-2-16(21(25)29)19(17)28-13-14(11-26-28)12-27-7-5-22(6-8-27)20-15(4-9-30-22)10-18(24)31-20;5-1(3(7)8)2(6)4(9)10/h1-3,10-11,13H,4-9,12H2,(H2,25,29);1-2,5-6H,(H,7,8)(H,9,10)/t;1-,2-/m.1/s1. The monoisotopic (exact) mass is 594 g/mol. The Bertz CT molecular complexity index is 1420. The number of nitrogens with zero attached hydrogens (tertiary/aromatic N) is 3. The number of carbonyl (C=O) groups is 3. The summed E-state index contributed by atoms with van der Waals surface area (Å²) in [6.45, 7) is 2.87. The molecule has 6 N–H and O–H groups in total. The van der Waals surface area contributed by atoms with Crippen LogP contribution in [-0.2, 0) is 32.9 Å². The van der Waals surface area contributed by atoms with E-state index in [0.717, 1.165) is 48.4 Å². The van der Waals surface area contributed by atoms with E-state index in [1.54, 1.807) is 18.5 Å². The number of nitrogens with two attached hydrogens (primary N) is 1. The van der Waals surface area contributed by atoms with Crippen LogP contribution in [0.4, 0.5) is 8.78 Å². The lowest BCUT2D eigenvalue weighted by Crippen LogP contribution is -2.45. The molecule has 1 fully saturated rings. The zero-order chi connectivity index (χ0) is 29.9. The number of amides is 1. The van der Waals surface area contributed by atoms with E-state index in [1.165, 1.54) is 34.2 Å². The summed E-state index contributed by atoms with van der Waals surface area (Å²) in [4.78, 5) is 34.5. The maximum atomic E-state index is 14.4. The zero-order valence-corrected chi connectivity index (χ0v) is 22.4. The van der Waals surface area contributed by atoms with Gasteiger partial charge in [0.15, 0.2) is 17.3 Å². The Morgan fingerprint density at radius 3 is 2.39 bits per heavy atom. The van der Waals surface area contributed by atoms with Gasteiger partial charge >= 0.3 is 11.9 Å². The van der Waals surface area contributed by atoms with Gasteiger partial charge in [0.05, 0.1) is 18.4 Å². The van der Waals surface area contributed by atoms with Crippen molar-refractivity contribution in [3.8, 4) is 5.69 Å². The number of piperidine rings is 1. The van der Waals surface area contributed by atoms with Crippen molar-refractivity contribution in [2.45, 2.75) is 43.6 Å². The quantitative estimate of drug-likeness (QED) is 0.266. The van der Waals surface area contributed by atoms with Gasteiger partial charge in [0, 0.05) is 36.3 Å². The smallest absolute Gasteiger partial charge is 0.335 e. The molecule has 1 aromatic carbocycles. The van der Waals surface area contributed by atoms with Crippen molar-refractivity contribution in [1.29, 1.82) is 0 Å². The van der Waals surface area contributed by atoms with Crippen LogP contribution in [0.1, 0.15) is 39.2 Å². The van der Waals surface area contributed by atoms with Crippen LogP contribution in [0, 0.1) is 10.9 Å². The van der Waals surface area contributed by atoms with Gasteiger partial charge < -0.3 is 30.9 Å². The van der Waals surface area contributed by atoms with Gasteiger partial charge in [0.25, 0.3) is 5.91 Å². The van der Waals surface area contributed by atoms with Gasteiger partial charge in [0.2, 0.25) is 0 Å². The van der Waals surface area contributed by atoms with Gasteiger partial charge in [-0.05, 0) is 43.0 Å². The maximum absolute atomic E-state index is 14.4. The normalized spacial score (nSPS) is 17.7. The molecule has 41 heavy (non-hydrogen) atoms. The average Bonchev–Trinajstić information content (AvgIpc) is 3.55. The van der Waals surface area contributed by atoms with E-state index in [1.807, 2.05) is 0 Å². The summed E-state index contributed by atoms with van der Waals surface area (Å²) < 4.78 is 35.7. The number of ether oxygens (including phenoxy) is 1. The Hall–Kier alpha value is -3.76. The number of para-hydroxylation sites is 1. The molecule has 0 radical (unpaired) electrons. The minimum Gasteiger partial charge on any atom is -0.479 e. The molecule has 2 aliphatic rings. The van der Waals surface area contributed by atoms with Crippen molar-refractivity contribution < 1.29 is 48.3 Å². The molecule has 220 valence electrons. The lowest BCUT2D eigenvalue weighted by atomic mass is 9.85. The number of carboxylic acids is 2. The third-order valence-electron chi connectivity index (χ3n) is 6.93. The summed E-state index contributed by atoms with van der Waals surface area (Å²) in [5.74, 6) is -4.80. The van der Waals surface area contributed by atoms with Crippen LogP contribution in [0.3, 0.4) is 0 Å². The summed E-state index contributed by atoms with van der Waals surface area (Å²) in [7, 11) is 0. The Balaban J connectivity index is 0.000000334. The van der Waals surface area contributed by atoms with Crippen molar-refractivity contribution >= 4 is 29.2 Å². The molecule has 0 aliphatic carbocycles. The fourth-order valence-corrected chi connectivity index (χ4v) is 6.01. The Morgan fingerprint density at radius 1 is 1.12 bits per heavy atom. The molecule has 5 rings (SSSR count). The number of benzene rings is 1. The number of aromatic nitrogens is 2. The highest BCUT2D eigenvalue weighted by molar-refractivity contribution is 7.10. The van der Waals surface area contributed by atoms with E-state index in [4.69, 9.17) is 30.9 Å². The van der Waals surface area contributed by atoms with E-state index in [-0.39, 0.29) is 22.0 Å². The Kier molecular flexibility index (Phi) is 9.14. The number of primary amides is 1. The minimum atomic E-state index is -2.27. The highest BCUT2D eigenvalue weighted by atomic mass is 32.1. The van der Waals surface area contributed by atoms with Crippen LogP contribution in [0.25, 0.3) is 5.69 Å². The van der Waals surface area contributed by atoms with Crippen LogP contribution in [0.2, 0.25) is 0 Å². The molecule has 0 unspecified atom stereocenters. The summed E-state index contributed by atoms with van der Waals surface area (Å²) >= 11 is 1.21. The molecular weight excluding hydrogens is 566 g/mol. The number of likely N-dealkylation sites (tertiary alicyclic amines) is 1. The maximum Gasteiger partial charge on any atom is 0.335 e. The number of carboxylic acid groups (broad SMARTS) is 2. The highest BCUT2D eigenvalue weighted by Gasteiger charge is 2.42. The molecule has 2 aromatic heterocycles. The first-order valence-electron chi connectivity index (χ1n) is 12.5. The van der Waals surface area contributed by atoms with Gasteiger partial charge in [-0.15, -0.1) is 11.3 Å². The van der Waals surface area contributed by atoms with Gasteiger partial charge in [-0.1, -0.05) is 6.07 Å². The number of fused-ring (bicyclic) bond motifs is 2. The molecule has 1 spiro atoms. The number of carbonyl (C=O) groups excluding carboxylic acids is 1. The number of halogens is 2. The largest absolute Gasteiger partial charge is 0.479 e. The topological polar surface area (TPSA) is 188 Å². The van der Waals surface area contributed by atoms with E-state index in [9.17, 15) is 23.2 Å². The molecule has 4 heterocycles. The highest BCUT2D eigenvalue weighted by Crippen LogP contribution is 2.45. The zero-order valence-electron chi connectivity index (χ0n) is 21.6. The van der Waals surface area contributed by atoms with Gasteiger partial charge in [-0.3, -0.25) is 9.69 Å². The van der Waals surface area contributed by atoms with Gasteiger partial charge in [-0.25, -0.2) is 18.7 Å². The van der Waals surface area contributed by atoms with Crippen molar-refractivity contribution in [2.24, 2.45) is 5.73 Å². The summed E-state index contributed by atoms with van der Waals surface area (Å²) in [5, 5.41) is 36.6. The van der Waals surface area contributed by atoms with E-state index >= 15 is 0 Å². The average molecular weight is 595 g/mol. The molecule has 15 heteroatoms. The second kappa shape index (κ2) is 12.4. The van der Waals surface area contributed by atoms with E-state index in [2.05, 4.69) is 10.00 Å². The fourth-order valence-electron chi connectivity index (χ4n) is 4.87.